The number of para-hydroxylation sites is 1. The Hall–Kier alpha value is -2.49. The lowest BCUT2D eigenvalue weighted by Crippen LogP contribution is -2.34. The van der Waals surface area contributed by atoms with Gasteiger partial charge in [0, 0.05) is 18.0 Å². The van der Waals surface area contributed by atoms with Crippen molar-refractivity contribution in [3.8, 4) is 11.5 Å². The minimum absolute atomic E-state index is 0.0630. The molecule has 0 fully saturated rings. The molecule has 0 aliphatic carbocycles. The van der Waals surface area contributed by atoms with Gasteiger partial charge in [0.2, 0.25) is 0 Å². The SMILES string of the molecule is CCOc1ccc(C(=O)NCC2COc3ccccc3C2)cc1. The van der Waals surface area contributed by atoms with Gasteiger partial charge in [-0.05, 0) is 49.2 Å². The fourth-order valence-electron chi connectivity index (χ4n) is 2.73. The highest BCUT2D eigenvalue weighted by atomic mass is 16.5. The summed E-state index contributed by atoms with van der Waals surface area (Å²) in [6.45, 7) is 3.81. The Morgan fingerprint density at radius 3 is 2.78 bits per heavy atom. The van der Waals surface area contributed by atoms with Gasteiger partial charge in [0.25, 0.3) is 5.91 Å². The van der Waals surface area contributed by atoms with E-state index in [0.717, 1.165) is 17.9 Å². The molecule has 0 radical (unpaired) electrons. The fraction of sp³-hybridized carbons (Fsp3) is 0.316. The average Bonchev–Trinajstić information content (AvgIpc) is 2.60. The van der Waals surface area contributed by atoms with Crippen molar-refractivity contribution in [2.75, 3.05) is 19.8 Å². The van der Waals surface area contributed by atoms with Crippen LogP contribution in [0.2, 0.25) is 0 Å². The number of amides is 1. The zero-order valence-electron chi connectivity index (χ0n) is 13.2. The number of nitrogens with one attached hydrogen (secondary N) is 1. The Morgan fingerprint density at radius 1 is 1.22 bits per heavy atom. The predicted molar refractivity (Wildman–Crippen MR) is 89.1 cm³/mol. The van der Waals surface area contributed by atoms with Crippen molar-refractivity contribution in [1.82, 2.24) is 5.32 Å². The quantitative estimate of drug-likeness (QED) is 0.923. The highest BCUT2D eigenvalue weighted by molar-refractivity contribution is 5.94. The molecule has 1 atom stereocenters. The van der Waals surface area contributed by atoms with Crippen LogP contribution in [0.25, 0.3) is 0 Å². The molecule has 4 heteroatoms. The highest BCUT2D eigenvalue weighted by Crippen LogP contribution is 2.26. The van der Waals surface area contributed by atoms with E-state index < -0.39 is 0 Å². The summed E-state index contributed by atoms with van der Waals surface area (Å²) in [7, 11) is 0. The molecule has 0 bridgehead atoms. The summed E-state index contributed by atoms with van der Waals surface area (Å²) in [6.07, 6.45) is 0.930. The van der Waals surface area contributed by atoms with E-state index >= 15 is 0 Å². The summed E-state index contributed by atoms with van der Waals surface area (Å²) in [5.74, 6) is 1.98. The van der Waals surface area contributed by atoms with E-state index in [1.54, 1.807) is 12.1 Å². The molecule has 1 unspecified atom stereocenters. The van der Waals surface area contributed by atoms with Gasteiger partial charge in [-0.2, -0.15) is 0 Å². The Kier molecular flexibility index (Phi) is 4.81. The van der Waals surface area contributed by atoms with Gasteiger partial charge in [0.15, 0.2) is 0 Å². The Balaban J connectivity index is 1.53. The molecule has 0 saturated heterocycles. The van der Waals surface area contributed by atoms with Crippen molar-refractivity contribution in [2.24, 2.45) is 5.92 Å². The van der Waals surface area contributed by atoms with Crippen LogP contribution in [0.15, 0.2) is 48.5 Å². The third kappa shape index (κ3) is 3.83. The summed E-state index contributed by atoms with van der Waals surface area (Å²) in [6, 6.07) is 15.3. The van der Waals surface area contributed by atoms with Crippen molar-refractivity contribution >= 4 is 5.91 Å². The number of benzene rings is 2. The number of fused-ring (bicyclic) bond motifs is 1. The Bertz CT molecular complexity index is 667. The van der Waals surface area contributed by atoms with Gasteiger partial charge in [-0.25, -0.2) is 0 Å². The standard InChI is InChI=1S/C19H21NO3/c1-2-22-17-9-7-15(8-10-17)19(21)20-12-14-11-16-5-3-4-6-18(16)23-13-14/h3-10,14H,2,11-13H2,1H3,(H,20,21). The van der Waals surface area contributed by atoms with Crippen LogP contribution in [0.5, 0.6) is 11.5 Å². The topological polar surface area (TPSA) is 47.6 Å². The lowest BCUT2D eigenvalue weighted by atomic mass is 9.96. The van der Waals surface area contributed by atoms with E-state index in [0.29, 0.717) is 31.2 Å². The Morgan fingerprint density at radius 2 is 2.00 bits per heavy atom. The van der Waals surface area contributed by atoms with E-state index in [4.69, 9.17) is 9.47 Å². The van der Waals surface area contributed by atoms with Crippen molar-refractivity contribution in [3.63, 3.8) is 0 Å². The summed E-state index contributed by atoms with van der Waals surface area (Å²) < 4.78 is 11.1. The fourth-order valence-corrected chi connectivity index (χ4v) is 2.73. The molecule has 1 heterocycles. The first-order valence-electron chi connectivity index (χ1n) is 7.98. The van der Waals surface area contributed by atoms with Gasteiger partial charge in [-0.15, -0.1) is 0 Å². The number of hydrogen-bond acceptors (Lipinski definition) is 3. The molecule has 2 aromatic rings. The van der Waals surface area contributed by atoms with Crippen molar-refractivity contribution in [2.45, 2.75) is 13.3 Å². The first-order valence-corrected chi connectivity index (χ1v) is 7.98. The maximum absolute atomic E-state index is 12.2. The molecule has 2 aromatic carbocycles. The third-order valence-corrected chi connectivity index (χ3v) is 3.93. The van der Waals surface area contributed by atoms with Crippen molar-refractivity contribution in [3.05, 3.63) is 59.7 Å². The second kappa shape index (κ2) is 7.18. The van der Waals surface area contributed by atoms with Gasteiger partial charge in [0.05, 0.1) is 13.2 Å². The summed E-state index contributed by atoms with van der Waals surface area (Å²) in [5, 5.41) is 2.99. The van der Waals surface area contributed by atoms with Crippen LogP contribution in [0.3, 0.4) is 0 Å². The van der Waals surface area contributed by atoms with Gasteiger partial charge < -0.3 is 14.8 Å². The highest BCUT2D eigenvalue weighted by Gasteiger charge is 2.20. The van der Waals surface area contributed by atoms with Crippen LogP contribution in [-0.4, -0.2) is 25.7 Å². The average molecular weight is 311 g/mol. The van der Waals surface area contributed by atoms with Crippen LogP contribution >= 0.6 is 0 Å². The summed E-state index contributed by atoms with van der Waals surface area (Å²) in [5.41, 5.74) is 1.85. The van der Waals surface area contributed by atoms with Crippen LogP contribution in [-0.2, 0) is 6.42 Å². The van der Waals surface area contributed by atoms with Gasteiger partial charge >= 0.3 is 0 Å². The number of carbonyl (C=O) groups excluding carboxylic acids is 1. The first kappa shape index (κ1) is 15.4. The minimum Gasteiger partial charge on any atom is -0.494 e. The minimum atomic E-state index is -0.0630. The first-order chi connectivity index (χ1) is 11.3. The Labute approximate surface area is 136 Å². The van der Waals surface area contributed by atoms with E-state index in [1.807, 2.05) is 37.3 Å². The molecule has 1 amide bonds. The van der Waals surface area contributed by atoms with Crippen LogP contribution < -0.4 is 14.8 Å². The largest absolute Gasteiger partial charge is 0.494 e. The van der Waals surface area contributed by atoms with E-state index in [1.165, 1.54) is 5.56 Å². The maximum atomic E-state index is 12.2. The lowest BCUT2D eigenvalue weighted by molar-refractivity contribution is 0.0939. The van der Waals surface area contributed by atoms with Crippen molar-refractivity contribution in [1.29, 1.82) is 0 Å². The van der Waals surface area contributed by atoms with Gasteiger partial charge in [0.1, 0.15) is 11.5 Å². The number of ether oxygens (including phenoxy) is 2. The van der Waals surface area contributed by atoms with Crippen LogP contribution in [0, 0.1) is 5.92 Å². The van der Waals surface area contributed by atoms with E-state index in [9.17, 15) is 4.79 Å². The van der Waals surface area contributed by atoms with Gasteiger partial charge in [-0.3, -0.25) is 4.79 Å². The smallest absolute Gasteiger partial charge is 0.251 e. The van der Waals surface area contributed by atoms with Gasteiger partial charge in [-0.1, -0.05) is 18.2 Å². The van der Waals surface area contributed by atoms with E-state index in [2.05, 4.69) is 11.4 Å². The molecule has 1 N–H and O–H groups in total. The number of rotatable bonds is 5. The zero-order valence-corrected chi connectivity index (χ0v) is 13.2. The molecule has 1 aliphatic heterocycles. The number of hydrogen-bond donors (Lipinski definition) is 1. The monoisotopic (exact) mass is 311 g/mol. The second-order valence-electron chi connectivity index (χ2n) is 5.66. The molecule has 0 saturated carbocycles. The lowest BCUT2D eigenvalue weighted by Gasteiger charge is -2.25. The molecule has 4 nitrogen and oxygen atoms in total. The second-order valence-corrected chi connectivity index (χ2v) is 5.66. The number of carbonyl (C=O) groups is 1. The molecule has 120 valence electrons. The summed E-state index contributed by atoms with van der Waals surface area (Å²) in [4.78, 5) is 12.2. The molecule has 1 aliphatic rings. The molecular weight excluding hydrogens is 290 g/mol. The van der Waals surface area contributed by atoms with E-state index in [-0.39, 0.29) is 5.91 Å². The summed E-state index contributed by atoms with van der Waals surface area (Å²) >= 11 is 0. The predicted octanol–water partition coefficient (Wildman–Crippen LogP) is 3.07. The molecule has 3 rings (SSSR count). The molecule has 0 aromatic heterocycles. The normalized spacial score (nSPS) is 16.1. The zero-order chi connectivity index (χ0) is 16.1. The maximum Gasteiger partial charge on any atom is 0.251 e. The molecular formula is C19H21NO3. The van der Waals surface area contributed by atoms with Crippen LogP contribution in [0.4, 0.5) is 0 Å². The molecule has 0 spiro atoms. The van der Waals surface area contributed by atoms with Crippen LogP contribution in [0.1, 0.15) is 22.8 Å². The third-order valence-electron chi connectivity index (χ3n) is 3.93. The molecule has 23 heavy (non-hydrogen) atoms. The van der Waals surface area contributed by atoms with Crippen molar-refractivity contribution < 1.29 is 14.3 Å².